The van der Waals surface area contributed by atoms with Gasteiger partial charge in [-0.25, -0.2) is 0 Å². The number of aryl methyl sites for hydroxylation is 1. The summed E-state index contributed by atoms with van der Waals surface area (Å²) in [5.74, 6) is 1.34. The number of nitrogens with one attached hydrogen (secondary N) is 1. The fourth-order valence-corrected chi connectivity index (χ4v) is 3.27. The summed E-state index contributed by atoms with van der Waals surface area (Å²) in [6.07, 6.45) is 1.55. The number of nitrogens with zero attached hydrogens (tertiary/aromatic N) is 2. The summed E-state index contributed by atoms with van der Waals surface area (Å²) in [4.78, 5) is 24.3. The quantitative estimate of drug-likeness (QED) is 0.736. The zero-order valence-electron chi connectivity index (χ0n) is 15.6. The van der Waals surface area contributed by atoms with Gasteiger partial charge in [-0.3, -0.25) is 14.3 Å². The summed E-state index contributed by atoms with van der Waals surface area (Å²) in [6, 6.07) is 12.8. The van der Waals surface area contributed by atoms with Crippen LogP contribution in [0.3, 0.4) is 0 Å². The molecule has 1 aromatic heterocycles. The van der Waals surface area contributed by atoms with Crippen molar-refractivity contribution in [1.82, 2.24) is 15.1 Å². The molecule has 0 fully saturated rings. The van der Waals surface area contributed by atoms with E-state index in [2.05, 4.69) is 10.4 Å². The molecule has 1 aliphatic heterocycles. The van der Waals surface area contributed by atoms with E-state index in [1.54, 1.807) is 10.7 Å². The van der Waals surface area contributed by atoms with E-state index in [1.165, 1.54) is 6.20 Å². The summed E-state index contributed by atoms with van der Waals surface area (Å²) in [5, 5.41) is 7.75. The van der Waals surface area contributed by atoms with Crippen molar-refractivity contribution < 1.29 is 14.3 Å². The molecular formula is C21H21N3O4. The second-order valence-corrected chi connectivity index (χ2v) is 6.69. The summed E-state index contributed by atoms with van der Waals surface area (Å²) < 4.78 is 12.8. The maximum atomic E-state index is 12.4. The van der Waals surface area contributed by atoms with Crippen molar-refractivity contribution in [3.05, 3.63) is 64.4 Å². The van der Waals surface area contributed by atoms with Crippen LogP contribution in [0.4, 0.5) is 0 Å². The number of hydrogen-bond acceptors (Lipinski definition) is 5. The van der Waals surface area contributed by atoms with Crippen LogP contribution in [0.5, 0.6) is 11.5 Å². The van der Waals surface area contributed by atoms with Gasteiger partial charge in [-0.2, -0.15) is 5.10 Å². The highest BCUT2D eigenvalue weighted by atomic mass is 16.6. The van der Waals surface area contributed by atoms with E-state index in [4.69, 9.17) is 9.47 Å². The van der Waals surface area contributed by atoms with E-state index in [0.29, 0.717) is 30.9 Å². The predicted molar refractivity (Wildman–Crippen MR) is 105 cm³/mol. The highest BCUT2D eigenvalue weighted by Gasteiger charge is 2.16. The van der Waals surface area contributed by atoms with Crippen LogP contribution in [0, 0.1) is 0 Å². The Labute approximate surface area is 161 Å². The summed E-state index contributed by atoms with van der Waals surface area (Å²) >= 11 is 0. The number of aromatic nitrogens is 2. The molecule has 7 heteroatoms. The van der Waals surface area contributed by atoms with E-state index in [1.807, 2.05) is 43.3 Å². The molecule has 0 saturated carbocycles. The fourth-order valence-electron chi connectivity index (χ4n) is 3.27. The van der Waals surface area contributed by atoms with E-state index in [9.17, 15) is 9.59 Å². The fraction of sp³-hybridized carbons (Fsp3) is 0.286. The lowest BCUT2D eigenvalue weighted by molar-refractivity contribution is -0.122. The van der Waals surface area contributed by atoms with Gasteiger partial charge in [-0.05, 0) is 36.8 Å². The van der Waals surface area contributed by atoms with Gasteiger partial charge in [0.2, 0.25) is 11.3 Å². The van der Waals surface area contributed by atoms with Crippen molar-refractivity contribution >= 4 is 16.8 Å². The lowest BCUT2D eigenvalue weighted by Crippen LogP contribution is -2.28. The van der Waals surface area contributed by atoms with Crippen LogP contribution in [0.15, 0.2) is 53.5 Å². The van der Waals surface area contributed by atoms with Gasteiger partial charge in [-0.15, -0.1) is 0 Å². The number of carbonyl (C=O) groups excluding carboxylic acids is 1. The largest absolute Gasteiger partial charge is 0.486 e. The molecule has 2 aromatic carbocycles. The number of hydrogen-bond donors (Lipinski definition) is 1. The lowest BCUT2D eigenvalue weighted by atomic mass is 10.1. The zero-order chi connectivity index (χ0) is 19.5. The number of carbonyl (C=O) groups is 1. The third-order valence-corrected chi connectivity index (χ3v) is 4.76. The van der Waals surface area contributed by atoms with E-state index < -0.39 is 0 Å². The van der Waals surface area contributed by atoms with Crippen LogP contribution in [0.1, 0.15) is 24.9 Å². The number of amides is 1. The predicted octanol–water partition coefficient (Wildman–Crippen LogP) is 2.44. The lowest BCUT2D eigenvalue weighted by Gasteiger charge is -2.21. The highest BCUT2D eigenvalue weighted by Crippen LogP contribution is 2.32. The molecule has 3 aromatic rings. The van der Waals surface area contributed by atoms with Crippen LogP contribution in [0.2, 0.25) is 0 Å². The van der Waals surface area contributed by atoms with Gasteiger partial charge in [0.05, 0.1) is 24.3 Å². The van der Waals surface area contributed by atoms with Gasteiger partial charge >= 0.3 is 0 Å². The van der Waals surface area contributed by atoms with E-state index in [-0.39, 0.29) is 23.8 Å². The minimum Gasteiger partial charge on any atom is -0.486 e. The number of ether oxygens (including phenoxy) is 2. The Hall–Kier alpha value is -3.35. The SMILES string of the molecule is CC(NC(=O)CCn1ncc(=O)c2ccccc21)c1ccc2c(c1)OCCO2. The number of para-hydroxylation sites is 1. The Bertz CT molecular complexity index is 1080. The Morgan fingerprint density at radius 2 is 1.96 bits per heavy atom. The molecule has 2 heterocycles. The van der Waals surface area contributed by atoms with Crippen LogP contribution >= 0.6 is 0 Å². The van der Waals surface area contributed by atoms with E-state index >= 15 is 0 Å². The molecule has 1 N–H and O–H groups in total. The first-order valence-electron chi connectivity index (χ1n) is 9.25. The van der Waals surface area contributed by atoms with Crippen molar-refractivity contribution in [3.63, 3.8) is 0 Å². The average molecular weight is 379 g/mol. The number of fused-ring (bicyclic) bond motifs is 2. The Morgan fingerprint density at radius 1 is 1.18 bits per heavy atom. The molecule has 7 nitrogen and oxygen atoms in total. The minimum absolute atomic E-state index is 0.0908. The van der Waals surface area contributed by atoms with Gasteiger partial charge < -0.3 is 14.8 Å². The topological polar surface area (TPSA) is 82.5 Å². The third-order valence-electron chi connectivity index (χ3n) is 4.76. The molecule has 1 atom stereocenters. The second-order valence-electron chi connectivity index (χ2n) is 6.69. The first-order valence-corrected chi connectivity index (χ1v) is 9.25. The molecule has 4 rings (SSSR count). The van der Waals surface area contributed by atoms with Gasteiger partial charge in [0.15, 0.2) is 11.5 Å². The molecule has 0 aliphatic carbocycles. The van der Waals surface area contributed by atoms with Gasteiger partial charge in [-0.1, -0.05) is 18.2 Å². The van der Waals surface area contributed by atoms with Crippen molar-refractivity contribution in [2.75, 3.05) is 13.2 Å². The standard InChI is InChI=1S/C21H21N3O4/c1-14(15-6-7-19-20(12-15)28-11-10-27-19)23-21(26)8-9-24-17-5-3-2-4-16(17)18(25)13-22-24/h2-7,12-14H,8-11H2,1H3,(H,23,26). The molecule has 144 valence electrons. The second kappa shape index (κ2) is 7.72. The third kappa shape index (κ3) is 3.69. The van der Waals surface area contributed by atoms with Crippen LogP contribution in [-0.4, -0.2) is 28.9 Å². The maximum Gasteiger partial charge on any atom is 0.222 e. The summed E-state index contributed by atoms with van der Waals surface area (Å²) in [6.45, 7) is 3.39. The zero-order valence-corrected chi connectivity index (χ0v) is 15.6. The van der Waals surface area contributed by atoms with Crippen molar-refractivity contribution in [2.24, 2.45) is 0 Å². The van der Waals surface area contributed by atoms with Gasteiger partial charge in [0.1, 0.15) is 13.2 Å². The molecule has 0 bridgehead atoms. The molecule has 0 spiro atoms. The van der Waals surface area contributed by atoms with Crippen molar-refractivity contribution in [2.45, 2.75) is 25.9 Å². The molecule has 1 amide bonds. The van der Waals surface area contributed by atoms with Crippen molar-refractivity contribution in [1.29, 1.82) is 0 Å². The number of benzene rings is 2. The van der Waals surface area contributed by atoms with Gasteiger partial charge in [0.25, 0.3) is 0 Å². The maximum absolute atomic E-state index is 12.4. The smallest absolute Gasteiger partial charge is 0.222 e. The van der Waals surface area contributed by atoms with Crippen LogP contribution in [-0.2, 0) is 11.3 Å². The average Bonchev–Trinajstić information content (AvgIpc) is 2.73. The number of rotatable bonds is 5. The monoisotopic (exact) mass is 379 g/mol. The first-order chi connectivity index (χ1) is 13.6. The normalized spacial score (nSPS) is 13.9. The minimum atomic E-state index is -0.165. The highest BCUT2D eigenvalue weighted by molar-refractivity contribution is 5.79. The van der Waals surface area contributed by atoms with Crippen molar-refractivity contribution in [3.8, 4) is 11.5 Å². The first kappa shape index (κ1) is 18.0. The Morgan fingerprint density at radius 3 is 2.82 bits per heavy atom. The molecule has 1 unspecified atom stereocenters. The Balaban J connectivity index is 1.41. The van der Waals surface area contributed by atoms with Crippen LogP contribution < -0.4 is 20.2 Å². The van der Waals surface area contributed by atoms with E-state index in [0.717, 1.165) is 16.8 Å². The summed E-state index contributed by atoms with van der Waals surface area (Å²) in [5.41, 5.74) is 1.55. The Kier molecular flexibility index (Phi) is 4.97. The molecule has 1 aliphatic rings. The molecule has 0 radical (unpaired) electrons. The molecule has 28 heavy (non-hydrogen) atoms. The summed E-state index contributed by atoms with van der Waals surface area (Å²) in [7, 11) is 0. The van der Waals surface area contributed by atoms with Crippen LogP contribution in [0.25, 0.3) is 10.9 Å². The molecule has 0 saturated heterocycles. The molecular weight excluding hydrogens is 358 g/mol. The van der Waals surface area contributed by atoms with Gasteiger partial charge in [0, 0.05) is 11.8 Å².